The van der Waals surface area contributed by atoms with Crippen LogP contribution in [0, 0.1) is 41.5 Å². The molecule has 1 aromatic heterocycles. The Morgan fingerprint density at radius 3 is 1.70 bits per heavy atom. The molecule has 0 N–H and O–H groups in total. The van der Waals surface area contributed by atoms with Crippen LogP contribution < -0.4 is 9.15 Å². The summed E-state index contributed by atoms with van der Waals surface area (Å²) in [6, 6.07) is 16.6. The predicted octanol–water partition coefficient (Wildman–Crippen LogP) is 5.79. The van der Waals surface area contributed by atoms with Gasteiger partial charge in [-0.3, -0.25) is 0 Å². The maximum absolute atomic E-state index is 4.70. The molecule has 0 spiro atoms. The summed E-state index contributed by atoms with van der Waals surface area (Å²) < 4.78 is 4.27. The van der Waals surface area contributed by atoms with Crippen molar-refractivity contribution in [3.8, 4) is 0 Å². The van der Waals surface area contributed by atoms with E-state index in [-0.39, 0.29) is 0 Å². The second kappa shape index (κ2) is 6.29. The van der Waals surface area contributed by atoms with Crippen LogP contribution in [0.5, 0.6) is 0 Å². The van der Waals surface area contributed by atoms with Crippen molar-refractivity contribution >= 4 is 28.9 Å². The van der Waals surface area contributed by atoms with Gasteiger partial charge in [0.05, 0.1) is 0 Å². The fraction of sp³-hybridized carbons (Fsp3) is 0.250. The van der Waals surface area contributed by atoms with E-state index in [1.807, 2.05) is 12.3 Å². The van der Waals surface area contributed by atoms with Crippen molar-refractivity contribution < 1.29 is 0 Å². The molecule has 0 bridgehead atoms. The Balaban J connectivity index is 2.07. The largest absolute Gasteiger partial charge is 0.504 e. The van der Waals surface area contributed by atoms with Gasteiger partial charge in [0.15, 0.2) is 0 Å². The lowest BCUT2D eigenvalue weighted by Gasteiger charge is -2.04. The van der Waals surface area contributed by atoms with Crippen LogP contribution in [-0.2, 0) is 0 Å². The third kappa shape index (κ3) is 2.81. The number of benzene rings is 2. The molecule has 0 saturated heterocycles. The zero-order valence-corrected chi connectivity index (χ0v) is 16.9. The van der Waals surface area contributed by atoms with Crippen LogP contribution in [0.25, 0.3) is 0 Å². The molecular formula is C24H25N3+2. The van der Waals surface area contributed by atoms with Gasteiger partial charge < -0.3 is 0 Å². The first-order valence-corrected chi connectivity index (χ1v) is 9.34. The number of rotatable bonds is 2. The zero-order valence-electron chi connectivity index (χ0n) is 16.9. The second-order valence-corrected chi connectivity index (χ2v) is 7.61. The Morgan fingerprint density at radius 1 is 0.704 bits per heavy atom. The van der Waals surface area contributed by atoms with Crippen LogP contribution in [0.2, 0.25) is 0 Å². The minimum atomic E-state index is 0.923. The van der Waals surface area contributed by atoms with Gasteiger partial charge in [-0.1, -0.05) is 11.1 Å². The van der Waals surface area contributed by atoms with E-state index in [2.05, 4.69) is 87.0 Å². The fourth-order valence-corrected chi connectivity index (χ4v) is 4.31. The van der Waals surface area contributed by atoms with E-state index in [9.17, 15) is 0 Å². The van der Waals surface area contributed by atoms with Crippen molar-refractivity contribution in [3.05, 3.63) is 76.0 Å². The highest BCUT2D eigenvalue weighted by Gasteiger charge is 2.40. The molecule has 3 aromatic rings. The monoisotopic (exact) mass is 355 g/mol. The zero-order chi connectivity index (χ0) is 19.3. The summed E-state index contributed by atoms with van der Waals surface area (Å²) in [6.45, 7) is 12.9. The Morgan fingerprint density at radius 2 is 1.19 bits per heavy atom. The second-order valence-electron chi connectivity index (χ2n) is 7.61. The standard InChI is InChI=1S/C24H25N3/c1-15-10-17(3)22(18(4)11-15)26-14-27(24-21(26)8-7-9-25-24)23-19(5)12-16(2)13-20(23)6/h7-13H,1-6H3/q+2. The van der Waals surface area contributed by atoms with Crippen molar-refractivity contribution in [1.29, 1.82) is 0 Å². The number of fused-ring (bicyclic) bond motifs is 1. The summed E-state index contributed by atoms with van der Waals surface area (Å²) >= 11 is 0. The molecule has 0 unspecified atom stereocenters. The van der Waals surface area contributed by atoms with Crippen LogP contribution in [0.3, 0.4) is 0 Å². The molecule has 0 saturated carbocycles. The maximum atomic E-state index is 4.70. The molecule has 1 aliphatic rings. The lowest BCUT2D eigenvalue weighted by Crippen LogP contribution is -2.06. The van der Waals surface area contributed by atoms with Crippen molar-refractivity contribution in [3.63, 3.8) is 0 Å². The highest BCUT2D eigenvalue weighted by molar-refractivity contribution is 5.85. The molecule has 1 aliphatic heterocycles. The van der Waals surface area contributed by atoms with Gasteiger partial charge in [0, 0.05) is 34.5 Å². The van der Waals surface area contributed by atoms with E-state index in [0.717, 1.165) is 17.2 Å². The molecule has 0 amide bonds. The Bertz CT molecular complexity index is 1030. The average Bonchev–Trinajstić information content (AvgIpc) is 2.93. The molecule has 0 fully saturated rings. The lowest BCUT2D eigenvalue weighted by atomic mass is 10.0. The van der Waals surface area contributed by atoms with Crippen molar-refractivity contribution in [2.45, 2.75) is 41.5 Å². The van der Waals surface area contributed by atoms with Crippen molar-refractivity contribution in [2.24, 2.45) is 0 Å². The summed E-state index contributed by atoms with van der Waals surface area (Å²) in [5.41, 5.74) is 10.9. The Kier molecular flexibility index (Phi) is 4.05. The van der Waals surface area contributed by atoms with E-state index in [1.165, 1.54) is 39.1 Å². The SMILES string of the molecule is Cc1cc(C)c([N+]2=C=[N+](c3c(C)cc(C)cc3C)c3ncccc32)c(C)c1. The maximum Gasteiger partial charge on any atom is 0.504 e. The average molecular weight is 355 g/mol. The van der Waals surface area contributed by atoms with Crippen LogP contribution >= 0.6 is 0 Å². The topological polar surface area (TPSA) is 18.9 Å². The number of hydrogen-bond donors (Lipinski definition) is 0. The molecule has 0 atom stereocenters. The van der Waals surface area contributed by atoms with E-state index in [1.54, 1.807) is 0 Å². The summed E-state index contributed by atoms with van der Waals surface area (Å²) in [5.74, 6) is 0.923. The van der Waals surface area contributed by atoms with Gasteiger partial charge in [-0.25, -0.2) is 0 Å². The first-order chi connectivity index (χ1) is 12.9. The van der Waals surface area contributed by atoms with Crippen LogP contribution in [0.1, 0.15) is 33.4 Å². The number of aromatic nitrogens is 1. The van der Waals surface area contributed by atoms with Gasteiger partial charge >= 0.3 is 17.5 Å². The van der Waals surface area contributed by atoms with Crippen LogP contribution in [0.15, 0.2) is 42.6 Å². The summed E-state index contributed by atoms with van der Waals surface area (Å²) in [5, 5.41) is 0. The smallest absolute Gasteiger partial charge is 0.188 e. The van der Waals surface area contributed by atoms with Crippen LogP contribution in [-0.4, -0.2) is 11.0 Å². The van der Waals surface area contributed by atoms with Crippen molar-refractivity contribution in [2.75, 3.05) is 0 Å². The highest BCUT2D eigenvalue weighted by atomic mass is 15.2. The fourth-order valence-electron chi connectivity index (χ4n) is 4.31. The number of nitrogens with zero attached hydrogens (tertiary/aromatic N) is 3. The van der Waals surface area contributed by atoms with Gasteiger partial charge in [0.2, 0.25) is 11.4 Å². The number of hydrogen-bond acceptors (Lipinski definition) is 1. The van der Waals surface area contributed by atoms with E-state index in [0.29, 0.717) is 0 Å². The van der Waals surface area contributed by atoms with Gasteiger partial charge in [0.1, 0.15) is 0 Å². The van der Waals surface area contributed by atoms with Crippen LogP contribution in [0.4, 0.5) is 22.9 Å². The normalized spacial score (nSPS) is 12.7. The molecule has 2 heterocycles. The molecule has 2 aromatic carbocycles. The predicted molar refractivity (Wildman–Crippen MR) is 113 cm³/mol. The minimum Gasteiger partial charge on any atom is -0.188 e. The molecule has 0 radical (unpaired) electrons. The Labute approximate surface area is 161 Å². The number of pyridine rings is 1. The van der Waals surface area contributed by atoms with Gasteiger partial charge in [-0.05, 0) is 81.0 Å². The van der Waals surface area contributed by atoms with E-state index in [4.69, 9.17) is 4.98 Å². The molecule has 134 valence electrons. The minimum absolute atomic E-state index is 0.923. The van der Waals surface area contributed by atoms with Gasteiger partial charge in [0.25, 0.3) is 0 Å². The first-order valence-electron chi connectivity index (χ1n) is 9.34. The third-order valence-electron chi connectivity index (χ3n) is 5.14. The van der Waals surface area contributed by atoms with E-state index < -0.39 is 0 Å². The first kappa shape index (κ1) is 17.4. The molecular weight excluding hydrogens is 330 g/mol. The lowest BCUT2D eigenvalue weighted by molar-refractivity contribution is 1.02. The molecule has 4 rings (SSSR count). The highest BCUT2D eigenvalue weighted by Crippen LogP contribution is 2.38. The van der Waals surface area contributed by atoms with E-state index >= 15 is 0 Å². The Hall–Kier alpha value is -3.03. The molecule has 3 nitrogen and oxygen atoms in total. The summed E-state index contributed by atoms with van der Waals surface area (Å²) in [4.78, 5) is 4.70. The summed E-state index contributed by atoms with van der Waals surface area (Å²) in [6.07, 6.45) is 1.85. The molecule has 27 heavy (non-hydrogen) atoms. The quantitative estimate of drug-likeness (QED) is 0.416. The molecule has 0 aliphatic carbocycles. The summed E-state index contributed by atoms with van der Waals surface area (Å²) in [7, 11) is 0. The van der Waals surface area contributed by atoms with Crippen molar-refractivity contribution in [1.82, 2.24) is 14.1 Å². The molecule has 3 heteroatoms. The van der Waals surface area contributed by atoms with Gasteiger partial charge in [-0.15, -0.1) is 0 Å². The number of aryl methyl sites for hydroxylation is 6. The van der Waals surface area contributed by atoms with Gasteiger partial charge in [-0.2, -0.15) is 4.98 Å². The third-order valence-corrected chi connectivity index (χ3v) is 5.14.